The Labute approximate surface area is 130 Å². The first-order valence-corrected chi connectivity index (χ1v) is 7.78. The van der Waals surface area contributed by atoms with Crippen molar-refractivity contribution in [1.29, 1.82) is 0 Å². The van der Waals surface area contributed by atoms with Gasteiger partial charge in [0.05, 0.1) is 6.54 Å². The quantitative estimate of drug-likeness (QED) is 0.852. The molecule has 1 heterocycles. The molecule has 0 fully saturated rings. The van der Waals surface area contributed by atoms with Gasteiger partial charge in [0.1, 0.15) is 11.6 Å². The summed E-state index contributed by atoms with van der Waals surface area (Å²) in [6.45, 7) is 1.68. The molecule has 116 valence electrons. The minimum Gasteiger partial charge on any atom is -0.396 e. The number of nitrogens with two attached hydrogens (primary N) is 1. The van der Waals surface area contributed by atoms with Crippen molar-refractivity contribution in [1.82, 2.24) is 14.9 Å². The van der Waals surface area contributed by atoms with Crippen LogP contribution in [0.25, 0.3) is 0 Å². The smallest absolute Gasteiger partial charge is 0.144 e. The van der Waals surface area contributed by atoms with Gasteiger partial charge in [-0.15, -0.1) is 0 Å². The molecule has 0 saturated heterocycles. The van der Waals surface area contributed by atoms with Crippen molar-refractivity contribution in [2.75, 3.05) is 18.9 Å². The Hall–Kier alpha value is -1.98. The molecule has 2 aromatic rings. The zero-order chi connectivity index (χ0) is 15.4. The maximum Gasteiger partial charge on any atom is 0.144 e. The molecule has 5 heteroatoms. The number of aliphatic hydroxyl groups excluding tert-OH is 1. The van der Waals surface area contributed by atoms with Gasteiger partial charge in [-0.1, -0.05) is 24.3 Å². The van der Waals surface area contributed by atoms with Crippen molar-refractivity contribution in [2.45, 2.75) is 31.8 Å². The Balaban J connectivity index is 1.81. The van der Waals surface area contributed by atoms with Crippen LogP contribution in [0.15, 0.2) is 36.5 Å². The topological polar surface area (TPSA) is 75.3 Å². The molecule has 1 aliphatic rings. The van der Waals surface area contributed by atoms with Crippen LogP contribution in [0.3, 0.4) is 0 Å². The van der Waals surface area contributed by atoms with E-state index in [9.17, 15) is 5.11 Å². The van der Waals surface area contributed by atoms with Gasteiger partial charge in [-0.3, -0.25) is 4.90 Å². The lowest BCUT2D eigenvalue weighted by Gasteiger charge is -2.28. The van der Waals surface area contributed by atoms with Gasteiger partial charge in [-0.2, -0.15) is 0 Å². The fraction of sp³-hybridized carbons (Fsp3) is 0.412. The van der Waals surface area contributed by atoms with Gasteiger partial charge >= 0.3 is 0 Å². The summed E-state index contributed by atoms with van der Waals surface area (Å²) in [5.41, 5.74) is 8.57. The van der Waals surface area contributed by atoms with Crippen LogP contribution in [0.4, 0.5) is 5.82 Å². The number of aromatic nitrogens is 2. The van der Waals surface area contributed by atoms with Crippen LogP contribution in [-0.4, -0.2) is 33.1 Å². The van der Waals surface area contributed by atoms with E-state index in [0.29, 0.717) is 18.4 Å². The molecule has 0 saturated carbocycles. The zero-order valence-electron chi connectivity index (χ0n) is 12.7. The van der Waals surface area contributed by atoms with Crippen LogP contribution < -0.4 is 5.73 Å². The second-order valence-electron chi connectivity index (χ2n) is 5.70. The van der Waals surface area contributed by atoms with Gasteiger partial charge in [0, 0.05) is 25.4 Å². The summed E-state index contributed by atoms with van der Waals surface area (Å²) in [6, 6.07) is 10.7. The molecule has 0 spiro atoms. The van der Waals surface area contributed by atoms with Gasteiger partial charge in [0.25, 0.3) is 0 Å². The normalized spacial score (nSPS) is 16.9. The SMILES string of the molecule is Nc1ccnc(CN(CCCO)C2CCc3ccccc32)n1. The molecular weight excluding hydrogens is 276 g/mol. The molecule has 0 amide bonds. The van der Waals surface area contributed by atoms with Crippen LogP contribution in [0, 0.1) is 0 Å². The van der Waals surface area contributed by atoms with Crippen LogP contribution in [0.2, 0.25) is 0 Å². The van der Waals surface area contributed by atoms with Gasteiger partial charge in [-0.25, -0.2) is 9.97 Å². The summed E-state index contributed by atoms with van der Waals surface area (Å²) in [4.78, 5) is 11.0. The molecule has 22 heavy (non-hydrogen) atoms. The van der Waals surface area contributed by atoms with E-state index in [0.717, 1.165) is 31.6 Å². The lowest BCUT2D eigenvalue weighted by Crippen LogP contribution is -2.29. The van der Waals surface area contributed by atoms with E-state index in [1.165, 1.54) is 11.1 Å². The first kappa shape index (κ1) is 14.9. The van der Waals surface area contributed by atoms with E-state index in [2.05, 4.69) is 39.1 Å². The van der Waals surface area contributed by atoms with Crippen molar-refractivity contribution >= 4 is 5.82 Å². The third-order valence-corrected chi connectivity index (χ3v) is 4.22. The van der Waals surface area contributed by atoms with Gasteiger partial charge in [-0.05, 0) is 36.5 Å². The molecule has 1 aromatic heterocycles. The van der Waals surface area contributed by atoms with Gasteiger partial charge in [0.15, 0.2) is 0 Å². The third kappa shape index (κ3) is 3.26. The number of hydrogen-bond donors (Lipinski definition) is 2. The Bertz CT molecular complexity index is 632. The largest absolute Gasteiger partial charge is 0.396 e. The molecule has 1 unspecified atom stereocenters. The number of nitrogens with zero attached hydrogens (tertiary/aromatic N) is 3. The molecular formula is C17H22N4O. The predicted octanol–water partition coefficient (Wildman–Crippen LogP) is 1.93. The van der Waals surface area contributed by atoms with E-state index < -0.39 is 0 Å². The molecule has 3 rings (SSSR count). The average molecular weight is 298 g/mol. The number of aliphatic hydroxyl groups is 1. The summed E-state index contributed by atoms with van der Waals surface area (Å²) in [6.07, 6.45) is 4.66. The highest BCUT2D eigenvalue weighted by molar-refractivity contribution is 5.34. The Morgan fingerprint density at radius 2 is 2.14 bits per heavy atom. The molecule has 1 atom stereocenters. The summed E-state index contributed by atoms with van der Waals surface area (Å²) in [5.74, 6) is 1.24. The number of rotatable bonds is 6. The van der Waals surface area contributed by atoms with E-state index in [1.807, 2.05) is 0 Å². The molecule has 1 aliphatic carbocycles. The minimum atomic E-state index is 0.197. The third-order valence-electron chi connectivity index (χ3n) is 4.22. The van der Waals surface area contributed by atoms with E-state index in [-0.39, 0.29) is 6.61 Å². The molecule has 0 radical (unpaired) electrons. The summed E-state index contributed by atoms with van der Waals surface area (Å²) < 4.78 is 0. The second-order valence-corrected chi connectivity index (χ2v) is 5.70. The van der Waals surface area contributed by atoms with Crippen molar-refractivity contribution in [3.63, 3.8) is 0 Å². The number of benzene rings is 1. The molecule has 0 aliphatic heterocycles. The fourth-order valence-corrected chi connectivity index (χ4v) is 3.21. The maximum absolute atomic E-state index is 9.19. The van der Waals surface area contributed by atoms with Crippen molar-refractivity contribution in [3.05, 3.63) is 53.5 Å². The lowest BCUT2D eigenvalue weighted by molar-refractivity contribution is 0.162. The van der Waals surface area contributed by atoms with Gasteiger partial charge < -0.3 is 10.8 Å². The fourth-order valence-electron chi connectivity index (χ4n) is 3.21. The Kier molecular flexibility index (Phi) is 4.65. The van der Waals surface area contributed by atoms with Crippen LogP contribution in [0.5, 0.6) is 0 Å². The average Bonchev–Trinajstić information content (AvgIpc) is 2.95. The Morgan fingerprint density at radius 1 is 1.27 bits per heavy atom. The van der Waals surface area contributed by atoms with E-state index >= 15 is 0 Å². The van der Waals surface area contributed by atoms with E-state index in [4.69, 9.17) is 5.73 Å². The lowest BCUT2D eigenvalue weighted by atomic mass is 10.1. The first-order chi connectivity index (χ1) is 10.8. The van der Waals surface area contributed by atoms with Crippen LogP contribution in [0.1, 0.15) is 35.8 Å². The van der Waals surface area contributed by atoms with Crippen molar-refractivity contribution in [3.8, 4) is 0 Å². The van der Waals surface area contributed by atoms with Crippen LogP contribution >= 0.6 is 0 Å². The van der Waals surface area contributed by atoms with E-state index in [1.54, 1.807) is 12.3 Å². The summed E-state index contributed by atoms with van der Waals surface area (Å²) in [5, 5.41) is 9.19. The zero-order valence-corrected chi connectivity index (χ0v) is 12.7. The van der Waals surface area contributed by atoms with Crippen molar-refractivity contribution in [2.24, 2.45) is 0 Å². The molecule has 1 aromatic carbocycles. The molecule has 5 nitrogen and oxygen atoms in total. The highest BCUT2D eigenvalue weighted by atomic mass is 16.3. The number of aryl methyl sites for hydroxylation is 1. The standard InChI is InChI=1S/C17H22N4O/c18-16-8-9-19-17(20-16)12-21(10-3-11-22)15-7-6-13-4-1-2-5-14(13)15/h1-2,4-5,8-9,15,22H,3,6-7,10-12H2,(H2,18,19,20). The molecule has 3 N–H and O–H groups in total. The highest BCUT2D eigenvalue weighted by Gasteiger charge is 2.27. The monoisotopic (exact) mass is 298 g/mol. The van der Waals surface area contributed by atoms with Crippen LogP contribution in [-0.2, 0) is 13.0 Å². The second kappa shape index (κ2) is 6.85. The number of anilines is 1. The minimum absolute atomic E-state index is 0.197. The maximum atomic E-state index is 9.19. The first-order valence-electron chi connectivity index (χ1n) is 7.78. The number of fused-ring (bicyclic) bond motifs is 1. The Morgan fingerprint density at radius 3 is 2.95 bits per heavy atom. The molecule has 0 bridgehead atoms. The van der Waals surface area contributed by atoms with Crippen molar-refractivity contribution < 1.29 is 5.11 Å². The van der Waals surface area contributed by atoms with Gasteiger partial charge in [0.2, 0.25) is 0 Å². The number of nitrogen functional groups attached to an aromatic ring is 1. The number of hydrogen-bond acceptors (Lipinski definition) is 5. The highest BCUT2D eigenvalue weighted by Crippen LogP contribution is 2.36. The summed E-state index contributed by atoms with van der Waals surface area (Å²) in [7, 11) is 0. The predicted molar refractivity (Wildman–Crippen MR) is 86.1 cm³/mol. The summed E-state index contributed by atoms with van der Waals surface area (Å²) >= 11 is 0.